The first kappa shape index (κ1) is 14.3. The van der Waals surface area contributed by atoms with Gasteiger partial charge in [0.05, 0.1) is 5.02 Å². The van der Waals surface area contributed by atoms with Crippen molar-refractivity contribution < 1.29 is 13.2 Å². The predicted molar refractivity (Wildman–Crippen MR) is 70.9 cm³/mol. The third-order valence-electron chi connectivity index (χ3n) is 2.66. The zero-order valence-corrected chi connectivity index (χ0v) is 11.9. The van der Waals surface area contributed by atoms with E-state index in [0.717, 1.165) is 11.6 Å². The average molecular weight is 351 g/mol. The van der Waals surface area contributed by atoms with Gasteiger partial charge in [0, 0.05) is 22.8 Å². The highest BCUT2D eigenvalue weighted by atomic mass is 79.9. The molecule has 0 spiro atoms. The fraction of sp³-hybridized carbons (Fsp3) is 0.154. The highest BCUT2D eigenvalue weighted by molar-refractivity contribution is 9.09. The Hall–Kier alpha value is -1.07. The second kappa shape index (κ2) is 5.92. The van der Waals surface area contributed by atoms with Crippen molar-refractivity contribution >= 4 is 27.5 Å². The molecule has 6 heteroatoms. The second-order valence-corrected chi connectivity index (χ2v) is 5.42. The second-order valence-electron chi connectivity index (χ2n) is 3.90. The van der Waals surface area contributed by atoms with Gasteiger partial charge >= 0.3 is 0 Å². The van der Waals surface area contributed by atoms with Gasteiger partial charge in [-0.25, -0.2) is 13.2 Å². The number of rotatable bonds is 3. The highest BCUT2D eigenvalue weighted by Crippen LogP contribution is 2.32. The summed E-state index contributed by atoms with van der Waals surface area (Å²) in [5.41, 5.74) is 0.787. The van der Waals surface area contributed by atoms with E-state index in [0.29, 0.717) is 11.4 Å². The molecule has 0 aliphatic carbocycles. The molecule has 1 heterocycles. The molecule has 19 heavy (non-hydrogen) atoms. The van der Waals surface area contributed by atoms with E-state index in [-0.39, 0.29) is 5.56 Å². The summed E-state index contributed by atoms with van der Waals surface area (Å²) in [6, 6.07) is 3.80. The lowest BCUT2D eigenvalue weighted by Crippen LogP contribution is -2.03. The van der Waals surface area contributed by atoms with Gasteiger partial charge in [-0.2, -0.15) is 0 Å². The third kappa shape index (κ3) is 3.09. The summed E-state index contributed by atoms with van der Waals surface area (Å²) in [5.74, 6) is -3.86. The van der Waals surface area contributed by atoms with Crippen LogP contribution in [-0.2, 0) is 6.42 Å². The number of pyridine rings is 1. The minimum atomic E-state index is -1.47. The van der Waals surface area contributed by atoms with Crippen LogP contribution in [-0.4, -0.2) is 4.98 Å². The molecule has 1 aromatic heterocycles. The molecule has 0 bridgehead atoms. The lowest BCUT2D eigenvalue weighted by molar-refractivity contribution is 0.440. The van der Waals surface area contributed by atoms with E-state index in [1.54, 1.807) is 12.3 Å². The van der Waals surface area contributed by atoms with Crippen LogP contribution in [0.5, 0.6) is 0 Å². The van der Waals surface area contributed by atoms with Crippen LogP contribution in [0.15, 0.2) is 30.6 Å². The number of benzene rings is 1. The largest absolute Gasteiger partial charge is 0.263 e. The first-order valence-electron chi connectivity index (χ1n) is 5.36. The normalized spacial score (nSPS) is 12.5. The first-order chi connectivity index (χ1) is 9.00. The van der Waals surface area contributed by atoms with Crippen LogP contribution in [0.4, 0.5) is 13.2 Å². The first-order valence-corrected chi connectivity index (χ1v) is 6.66. The van der Waals surface area contributed by atoms with E-state index < -0.39 is 22.3 Å². The van der Waals surface area contributed by atoms with Gasteiger partial charge in [-0.05, 0) is 24.1 Å². The van der Waals surface area contributed by atoms with Gasteiger partial charge < -0.3 is 0 Å². The summed E-state index contributed by atoms with van der Waals surface area (Å²) in [6.07, 6.45) is 3.37. The standard InChI is InChI=1S/C13H8BrClF3N/c14-9(5-7-3-4-19-6-10(7)15)8-1-2-11(16)13(18)12(8)17/h1-4,6,9H,5H2. The molecule has 1 aromatic carbocycles. The van der Waals surface area contributed by atoms with Crippen LogP contribution in [0, 0.1) is 17.5 Å². The SMILES string of the molecule is Fc1ccc(C(Br)Cc2ccncc2Cl)c(F)c1F. The smallest absolute Gasteiger partial charge is 0.194 e. The van der Waals surface area contributed by atoms with Crippen molar-refractivity contribution in [1.29, 1.82) is 0 Å². The van der Waals surface area contributed by atoms with E-state index in [1.165, 1.54) is 12.3 Å². The lowest BCUT2D eigenvalue weighted by Gasteiger charge is -2.12. The van der Waals surface area contributed by atoms with E-state index in [9.17, 15) is 13.2 Å². The number of aromatic nitrogens is 1. The summed E-state index contributed by atoms with van der Waals surface area (Å²) in [7, 11) is 0. The maximum absolute atomic E-state index is 13.6. The molecular weight excluding hydrogens is 343 g/mol. The molecule has 0 aliphatic heterocycles. The molecule has 0 amide bonds. The lowest BCUT2D eigenvalue weighted by atomic mass is 10.0. The van der Waals surface area contributed by atoms with Crippen molar-refractivity contribution in [3.05, 3.63) is 64.2 Å². The predicted octanol–water partition coefficient (Wildman–Crippen LogP) is 4.83. The number of alkyl halides is 1. The topological polar surface area (TPSA) is 12.9 Å². The van der Waals surface area contributed by atoms with Gasteiger partial charge in [0.2, 0.25) is 0 Å². The van der Waals surface area contributed by atoms with Crippen molar-refractivity contribution in [2.45, 2.75) is 11.2 Å². The Balaban J connectivity index is 2.28. The van der Waals surface area contributed by atoms with E-state index in [4.69, 9.17) is 11.6 Å². The molecule has 1 atom stereocenters. The minimum absolute atomic E-state index is 0.0479. The Labute approximate surface area is 121 Å². The van der Waals surface area contributed by atoms with E-state index in [2.05, 4.69) is 20.9 Å². The quantitative estimate of drug-likeness (QED) is 0.571. The maximum Gasteiger partial charge on any atom is 0.194 e. The van der Waals surface area contributed by atoms with Gasteiger partial charge in [-0.1, -0.05) is 33.6 Å². The number of nitrogens with zero attached hydrogens (tertiary/aromatic N) is 1. The molecule has 0 N–H and O–H groups in total. The van der Waals surface area contributed by atoms with Crippen molar-refractivity contribution in [1.82, 2.24) is 4.98 Å². The molecule has 100 valence electrons. The van der Waals surface area contributed by atoms with E-state index in [1.807, 2.05) is 0 Å². The van der Waals surface area contributed by atoms with Gasteiger partial charge in [0.15, 0.2) is 17.5 Å². The zero-order valence-electron chi connectivity index (χ0n) is 9.51. The van der Waals surface area contributed by atoms with Crippen LogP contribution in [0.25, 0.3) is 0 Å². The molecular formula is C13H8BrClF3N. The molecule has 1 unspecified atom stereocenters. The monoisotopic (exact) mass is 349 g/mol. The van der Waals surface area contributed by atoms with Crippen molar-refractivity contribution in [2.75, 3.05) is 0 Å². The summed E-state index contributed by atoms with van der Waals surface area (Å²) in [5, 5.41) is 0.440. The molecule has 2 rings (SSSR count). The number of hydrogen-bond acceptors (Lipinski definition) is 1. The summed E-state index contributed by atoms with van der Waals surface area (Å²) < 4.78 is 39.6. The molecule has 0 saturated carbocycles. The zero-order chi connectivity index (χ0) is 14.0. The Morgan fingerprint density at radius 2 is 1.89 bits per heavy atom. The third-order valence-corrected chi connectivity index (χ3v) is 3.82. The molecule has 0 saturated heterocycles. The maximum atomic E-state index is 13.6. The van der Waals surface area contributed by atoms with Gasteiger partial charge in [-0.3, -0.25) is 4.98 Å². The number of hydrogen-bond donors (Lipinski definition) is 0. The van der Waals surface area contributed by atoms with Gasteiger partial charge in [0.25, 0.3) is 0 Å². The van der Waals surface area contributed by atoms with Gasteiger partial charge in [-0.15, -0.1) is 0 Å². The van der Waals surface area contributed by atoms with Gasteiger partial charge in [0.1, 0.15) is 0 Å². The molecule has 1 nitrogen and oxygen atoms in total. The minimum Gasteiger partial charge on any atom is -0.263 e. The molecule has 0 aliphatic rings. The van der Waals surface area contributed by atoms with Crippen LogP contribution in [0.3, 0.4) is 0 Å². The Morgan fingerprint density at radius 1 is 1.16 bits per heavy atom. The summed E-state index contributed by atoms with van der Waals surface area (Å²) in [4.78, 5) is 3.33. The molecule has 2 aromatic rings. The van der Waals surface area contributed by atoms with Crippen LogP contribution in [0.2, 0.25) is 5.02 Å². The van der Waals surface area contributed by atoms with E-state index >= 15 is 0 Å². The number of halogens is 5. The van der Waals surface area contributed by atoms with Crippen LogP contribution < -0.4 is 0 Å². The fourth-order valence-electron chi connectivity index (χ4n) is 1.66. The average Bonchev–Trinajstić information content (AvgIpc) is 2.39. The fourth-order valence-corrected chi connectivity index (χ4v) is 2.55. The van der Waals surface area contributed by atoms with Crippen molar-refractivity contribution in [3.8, 4) is 0 Å². The Morgan fingerprint density at radius 3 is 2.58 bits per heavy atom. The van der Waals surface area contributed by atoms with Crippen molar-refractivity contribution in [2.24, 2.45) is 0 Å². The molecule has 0 fully saturated rings. The Bertz CT molecular complexity index is 606. The van der Waals surface area contributed by atoms with Crippen LogP contribution in [0.1, 0.15) is 16.0 Å². The summed E-state index contributed by atoms with van der Waals surface area (Å²) in [6.45, 7) is 0. The Kier molecular flexibility index (Phi) is 4.47. The molecule has 0 radical (unpaired) electrons. The van der Waals surface area contributed by atoms with Crippen LogP contribution >= 0.6 is 27.5 Å². The van der Waals surface area contributed by atoms with Crippen molar-refractivity contribution in [3.63, 3.8) is 0 Å². The summed E-state index contributed by atoms with van der Waals surface area (Å²) >= 11 is 9.20. The highest BCUT2D eigenvalue weighted by Gasteiger charge is 2.19.